The summed E-state index contributed by atoms with van der Waals surface area (Å²) in [5.41, 5.74) is 6.47. The summed E-state index contributed by atoms with van der Waals surface area (Å²) in [6, 6.07) is 5.05. The SMILES string of the molecule is NC(C(=O)O)C(O)CCC=CCCc1ccc(CC(F)(F)F)cc1. The van der Waals surface area contributed by atoms with Gasteiger partial charge in [-0.2, -0.15) is 13.2 Å². The van der Waals surface area contributed by atoms with Gasteiger partial charge in [0.15, 0.2) is 0 Å². The van der Waals surface area contributed by atoms with Crippen molar-refractivity contribution in [3.8, 4) is 0 Å². The van der Waals surface area contributed by atoms with Crippen LogP contribution in [0.25, 0.3) is 0 Å². The number of halogens is 3. The number of benzene rings is 1. The molecule has 4 nitrogen and oxygen atoms in total. The first-order valence-electron chi connectivity index (χ1n) is 7.65. The van der Waals surface area contributed by atoms with Crippen LogP contribution in [0.15, 0.2) is 36.4 Å². The van der Waals surface area contributed by atoms with Crippen LogP contribution >= 0.6 is 0 Å². The van der Waals surface area contributed by atoms with Crippen molar-refractivity contribution in [1.82, 2.24) is 0 Å². The zero-order valence-corrected chi connectivity index (χ0v) is 13.2. The van der Waals surface area contributed by atoms with E-state index in [1.54, 1.807) is 12.1 Å². The molecule has 7 heteroatoms. The number of rotatable bonds is 9. The number of aryl methyl sites for hydroxylation is 1. The first-order chi connectivity index (χ1) is 11.2. The van der Waals surface area contributed by atoms with E-state index in [1.165, 1.54) is 12.1 Å². The quantitative estimate of drug-likeness (QED) is 0.601. The van der Waals surface area contributed by atoms with Crippen molar-refractivity contribution >= 4 is 5.97 Å². The van der Waals surface area contributed by atoms with Crippen molar-refractivity contribution in [2.75, 3.05) is 0 Å². The van der Waals surface area contributed by atoms with E-state index >= 15 is 0 Å². The molecule has 0 aliphatic rings. The largest absolute Gasteiger partial charge is 0.480 e. The Morgan fingerprint density at radius 2 is 1.67 bits per heavy atom. The number of carbonyl (C=O) groups is 1. The molecule has 0 radical (unpaired) electrons. The maximum absolute atomic E-state index is 12.2. The second-order valence-electron chi connectivity index (χ2n) is 5.63. The molecular weight excluding hydrogens is 323 g/mol. The van der Waals surface area contributed by atoms with Gasteiger partial charge in [-0.05, 0) is 36.8 Å². The second-order valence-corrected chi connectivity index (χ2v) is 5.63. The average Bonchev–Trinajstić information content (AvgIpc) is 2.49. The summed E-state index contributed by atoms with van der Waals surface area (Å²) in [4.78, 5) is 10.6. The molecule has 1 rings (SSSR count). The lowest BCUT2D eigenvalue weighted by Gasteiger charge is -2.13. The third-order valence-electron chi connectivity index (χ3n) is 3.52. The molecule has 1 aromatic rings. The molecular formula is C17H22F3NO3. The van der Waals surface area contributed by atoms with Gasteiger partial charge in [-0.1, -0.05) is 36.4 Å². The van der Waals surface area contributed by atoms with Gasteiger partial charge in [0.1, 0.15) is 6.04 Å². The summed E-state index contributed by atoms with van der Waals surface area (Å²) in [6.07, 6.45) is -0.319. The molecule has 0 heterocycles. The molecule has 0 aliphatic carbocycles. The lowest BCUT2D eigenvalue weighted by Crippen LogP contribution is -2.41. The van der Waals surface area contributed by atoms with Gasteiger partial charge < -0.3 is 15.9 Å². The van der Waals surface area contributed by atoms with Crippen LogP contribution in [0.1, 0.15) is 30.4 Å². The molecule has 24 heavy (non-hydrogen) atoms. The number of allylic oxidation sites excluding steroid dienone is 2. The molecule has 134 valence electrons. The Morgan fingerprint density at radius 1 is 1.12 bits per heavy atom. The van der Waals surface area contributed by atoms with Crippen LogP contribution in [-0.2, 0) is 17.6 Å². The molecule has 0 saturated carbocycles. The van der Waals surface area contributed by atoms with Crippen LogP contribution in [-0.4, -0.2) is 34.5 Å². The summed E-state index contributed by atoms with van der Waals surface area (Å²) in [6.45, 7) is 0. The Kier molecular flexibility index (Phi) is 7.94. The topological polar surface area (TPSA) is 83.6 Å². The van der Waals surface area contributed by atoms with Crippen molar-refractivity contribution in [1.29, 1.82) is 0 Å². The molecule has 0 fully saturated rings. The highest BCUT2D eigenvalue weighted by Crippen LogP contribution is 2.21. The molecule has 0 bridgehead atoms. The number of carboxylic acids is 1. The fourth-order valence-corrected chi connectivity index (χ4v) is 2.15. The summed E-state index contributed by atoms with van der Waals surface area (Å²) in [7, 11) is 0. The van der Waals surface area contributed by atoms with Gasteiger partial charge >= 0.3 is 12.1 Å². The monoisotopic (exact) mass is 345 g/mol. The molecule has 0 saturated heterocycles. The van der Waals surface area contributed by atoms with Crippen LogP contribution in [0.4, 0.5) is 13.2 Å². The van der Waals surface area contributed by atoms with Gasteiger partial charge in [-0.15, -0.1) is 0 Å². The van der Waals surface area contributed by atoms with E-state index in [0.29, 0.717) is 19.3 Å². The molecule has 1 aromatic carbocycles. The Bertz CT molecular complexity index is 541. The predicted molar refractivity (Wildman–Crippen MR) is 84.5 cm³/mol. The lowest BCUT2D eigenvalue weighted by atomic mass is 10.0. The fraction of sp³-hybridized carbons (Fsp3) is 0.471. The van der Waals surface area contributed by atoms with E-state index in [9.17, 15) is 23.1 Å². The summed E-state index contributed by atoms with van der Waals surface area (Å²) in [5.74, 6) is -1.24. The molecule has 2 unspecified atom stereocenters. The van der Waals surface area contributed by atoms with Crippen molar-refractivity contribution in [3.05, 3.63) is 47.5 Å². The zero-order valence-electron chi connectivity index (χ0n) is 13.2. The van der Waals surface area contributed by atoms with E-state index in [4.69, 9.17) is 10.8 Å². The number of nitrogens with two attached hydrogens (primary N) is 1. The molecule has 0 amide bonds. The number of alkyl halides is 3. The highest BCUT2D eigenvalue weighted by molar-refractivity contribution is 5.73. The third kappa shape index (κ3) is 8.12. The molecule has 0 aliphatic heterocycles. The smallest absolute Gasteiger partial charge is 0.393 e. The summed E-state index contributed by atoms with van der Waals surface area (Å²) in [5, 5.41) is 18.1. The third-order valence-corrected chi connectivity index (χ3v) is 3.52. The van der Waals surface area contributed by atoms with Crippen LogP contribution in [0, 0.1) is 0 Å². The second kappa shape index (κ2) is 9.44. The predicted octanol–water partition coefficient (Wildman–Crippen LogP) is 2.83. The molecule has 2 atom stereocenters. The van der Waals surface area contributed by atoms with Crippen LogP contribution in [0.2, 0.25) is 0 Å². The van der Waals surface area contributed by atoms with Gasteiger partial charge in [0, 0.05) is 0 Å². The number of hydrogen-bond donors (Lipinski definition) is 3. The standard InChI is InChI=1S/C17H22F3NO3/c18-17(19,20)11-13-9-7-12(8-10-13)5-3-1-2-4-6-14(22)15(21)16(23)24/h1-2,7-10,14-15,22H,3-6,11,21H2,(H,23,24). The van der Waals surface area contributed by atoms with Gasteiger partial charge in [0.05, 0.1) is 12.5 Å². The lowest BCUT2D eigenvalue weighted by molar-refractivity contribution is -0.141. The average molecular weight is 345 g/mol. The maximum Gasteiger partial charge on any atom is 0.393 e. The van der Waals surface area contributed by atoms with Gasteiger partial charge in [-0.3, -0.25) is 4.79 Å². The van der Waals surface area contributed by atoms with Crippen LogP contribution in [0.3, 0.4) is 0 Å². The van der Waals surface area contributed by atoms with Crippen molar-refractivity contribution < 1.29 is 28.2 Å². The number of aliphatic hydroxyl groups is 1. The van der Waals surface area contributed by atoms with Crippen molar-refractivity contribution in [2.45, 2.75) is 50.4 Å². The van der Waals surface area contributed by atoms with Crippen LogP contribution < -0.4 is 5.73 Å². The van der Waals surface area contributed by atoms with E-state index in [2.05, 4.69) is 0 Å². The maximum atomic E-state index is 12.2. The van der Waals surface area contributed by atoms with E-state index in [0.717, 1.165) is 5.56 Å². The normalized spacial score (nSPS) is 14.7. The zero-order chi connectivity index (χ0) is 18.2. The van der Waals surface area contributed by atoms with E-state index < -0.39 is 30.7 Å². The number of carboxylic acid groups (broad SMARTS) is 1. The summed E-state index contributed by atoms with van der Waals surface area (Å²) >= 11 is 0. The van der Waals surface area contributed by atoms with Crippen molar-refractivity contribution in [3.63, 3.8) is 0 Å². The van der Waals surface area contributed by atoms with Crippen molar-refractivity contribution in [2.24, 2.45) is 5.73 Å². The van der Waals surface area contributed by atoms with E-state index in [1.807, 2.05) is 12.2 Å². The molecule has 0 aromatic heterocycles. The number of aliphatic hydroxyl groups excluding tert-OH is 1. The minimum absolute atomic E-state index is 0.241. The minimum Gasteiger partial charge on any atom is -0.480 e. The Hall–Kier alpha value is -1.86. The van der Waals surface area contributed by atoms with Gasteiger partial charge in [0.25, 0.3) is 0 Å². The Balaban J connectivity index is 2.28. The van der Waals surface area contributed by atoms with Gasteiger partial charge in [-0.25, -0.2) is 0 Å². The fourth-order valence-electron chi connectivity index (χ4n) is 2.15. The summed E-state index contributed by atoms with van der Waals surface area (Å²) < 4.78 is 36.7. The molecule has 4 N–H and O–H groups in total. The Morgan fingerprint density at radius 3 is 2.21 bits per heavy atom. The molecule has 0 spiro atoms. The highest BCUT2D eigenvalue weighted by atomic mass is 19.4. The van der Waals surface area contributed by atoms with Crippen LogP contribution in [0.5, 0.6) is 0 Å². The Labute approximate surface area is 138 Å². The van der Waals surface area contributed by atoms with E-state index in [-0.39, 0.29) is 12.0 Å². The minimum atomic E-state index is -4.20. The first-order valence-corrected chi connectivity index (χ1v) is 7.65. The van der Waals surface area contributed by atoms with Gasteiger partial charge in [0.2, 0.25) is 0 Å². The first kappa shape index (κ1) is 20.2. The highest BCUT2D eigenvalue weighted by Gasteiger charge is 2.27. The number of aliphatic carboxylic acids is 1. The number of hydrogen-bond acceptors (Lipinski definition) is 3.